The van der Waals surface area contributed by atoms with Gasteiger partial charge in [0.1, 0.15) is 17.2 Å². The molecule has 0 aliphatic rings. The fourth-order valence-corrected chi connectivity index (χ4v) is 3.56. The zero-order valence-corrected chi connectivity index (χ0v) is 15.0. The SMILES string of the molecule is CCCCCC(C)(C)Nc1c(-c2ccsc2)nc2ccccn12. The van der Waals surface area contributed by atoms with Crippen LogP contribution < -0.4 is 5.32 Å². The van der Waals surface area contributed by atoms with Crippen LogP contribution in [-0.4, -0.2) is 14.9 Å². The van der Waals surface area contributed by atoms with E-state index in [1.165, 1.54) is 24.8 Å². The number of nitrogens with zero attached hydrogens (tertiary/aromatic N) is 2. The Morgan fingerprint density at radius 2 is 2.09 bits per heavy atom. The first-order valence-electron chi connectivity index (χ1n) is 8.38. The Balaban J connectivity index is 1.96. The van der Waals surface area contributed by atoms with Crippen molar-refractivity contribution < 1.29 is 0 Å². The van der Waals surface area contributed by atoms with E-state index in [0.717, 1.165) is 23.6 Å². The average Bonchev–Trinajstić information content (AvgIpc) is 3.15. The van der Waals surface area contributed by atoms with Crippen molar-refractivity contribution in [1.29, 1.82) is 0 Å². The monoisotopic (exact) mass is 327 g/mol. The third kappa shape index (κ3) is 3.58. The number of pyridine rings is 1. The van der Waals surface area contributed by atoms with Gasteiger partial charge in [0.2, 0.25) is 0 Å². The number of fused-ring (bicyclic) bond motifs is 1. The van der Waals surface area contributed by atoms with E-state index in [2.05, 4.69) is 65.6 Å². The van der Waals surface area contributed by atoms with Crippen molar-refractivity contribution >= 4 is 22.8 Å². The lowest BCUT2D eigenvalue weighted by molar-refractivity contribution is 0.482. The summed E-state index contributed by atoms with van der Waals surface area (Å²) in [6.45, 7) is 6.81. The maximum atomic E-state index is 4.84. The Morgan fingerprint density at radius 1 is 1.22 bits per heavy atom. The van der Waals surface area contributed by atoms with Crippen LogP contribution in [0.4, 0.5) is 5.82 Å². The van der Waals surface area contributed by atoms with Gasteiger partial charge in [-0.15, -0.1) is 0 Å². The van der Waals surface area contributed by atoms with Crippen molar-refractivity contribution in [2.24, 2.45) is 0 Å². The van der Waals surface area contributed by atoms with Gasteiger partial charge >= 0.3 is 0 Å². The zero-order valence-electron chi connectivity index (χ0n) is 14.2. The second-order valence-corrected chi connectivity index (χ2v) is 7.50. The third-order valence-corrected chi connectivity index (χ3v) is 4.87. The van der Waals surface area contributed by atoms with Gasteiger partial charge in [0.25, 0.3) is 0 Å². The van der Waals surface area contributed by atoms with E-state index >= 15 is 0 Å². The maximum Gasteiger partial charge on any atom is 0.139 e. The molecule has 3 aromatic rings. The minimum Gasteiger partial charge on any atom is -0.364 e. The molecule has 3 heterocycles. The molecule has 3 aromatic heterocycles. The fourth-order valence-electron chi connectivity index (χ4n) is 2.92. The van der Waals surface area contributed by atoms with E-state index in [0.29, 0.717) is 0 Å². The molecule has 0 atom stereocenters. The molecule has 0 radical (unpaired) electrons. The van der Waals surface area contributed by atoms with Gasteiger partial charge in [0.15, 0.2) is 0 Å². The standard InChI is InChI=1S/C19H25N3S/c1-4-5-7-11-19(2,3)21-18-17(15-10-13-23-14-15)20-16-9-6-8-12-22(16)18/h6,8-10,12-14,21H,4-5,7,11H2,1-3H3. The van der Waals surface area contributed by atoms with Crippen LogP contribution in [0.15, 0.2) is 41.2 Å². The smallest absolute Gasteiger partial charge is 0.139 e. The van der Waals surface area contributed by atoms with Crippen molar-refractivity contribution in [3.05, 3.63) is 41.2 Å². The second-order valence-electron chi connectivity index (χ2n) is 6.72. The first-order chi connectivity index (χ1) is 11.1. The van der Waals surface area contributed by atoms with Gasteiger partial charge in [0, 0.05) is 22.7 Å². The predicted octanol–water partition coefficient (Wildman–Crippen LogP) is 5.83. The van der Waals surface area contributed by atoms with E-state index in [-0.39, 0.29) is 5.54 Å². The number of anilines is 1. The van der Waals surface area contributed by atoms with E-state index in [1.54, 1.807) is 11.3 Å². The van der Waals surface area contributed by atoms with Gasteiger partial charge in [-0.2, -0.15) is 11.3 Å². The zero-order chi connectivity index (χ0) is 16.3. The summed E-state index contributed by atoms with van der Waals surface area (Å²) in [6.07, 6.45) is 7.04. The minimum atomic E-state index is 0.0474. The molecule has 0 spiro atoms. The van der Waals surface area contributed by atoms with Crippen molar-refractivity contribution in [2.45, 2.75) is 52.0 Å². The molecule has 3 rings (SSSR count). The van der Waals surface area contributed by atoms with E-state index in [4.69, 9.17) is 4.98 Å². The van der Waals surface area contributed by atoms with E-state index in [9.17, 15) is 0 Å². The van der Waals surface area contributed by atoms with E-state index < -0.39 is 0 Å². The molecule has 0 bridgehead atoms. The van der Waals surface area contributed by atoms with Gasteiger partial charge in [-0.25, -0.2) is 4.98 Å². The van der Waals surface area contributed by atoms with Crippen LogP contribution in [0.25, 0.3) is 16.9 Å². The number of hydrogen-bond donors (Lipinski definition) is 1. The van der Waals surface area contributed by atoms with Gasteiger partial charge in [-0.1, -0.05) is 32.3 Å². The highest BCUT2D eigenvalue weighted by Gasteiger charge is 2.22. The Bertz CT molecular complexity index is 756. The molecular weight excluding hydrogens is 302 g/mol. The Labute approximate surface area is 142 Å². The lowest BCUT2D eigenvalue weighted by Gasteiger charge is -2.27. The second kappa shape index (κ2) is 6.75. The van der Waals surface area contributed by atoms with Gasteiger partial charge in [0.05, 0.1) is 0 Å². The number of rotatable bonds is 7. The van der Waals surface area contributed by atoms with E-state index in [1.807, 2.05) is 6.07 Å². The van der Waals surface area contributed by atoms with Gasteiger partial charge < -0.3 is 5.32 Å². The lowest BCUT2D eigenvalue weighted by Crippen LogP contribution is -2.31. The molecule has 122 valence electrons. The molecule has 0 saturated heterocycles. The molecule has 0 aliphatic heterocycles. The van der Waals surface area contributed by atoms with Crippen LogP contribution in [0.3, 0.4) is 0 Å². The van der Waals surface area contributed by atoms with Crippen LogP contribution >= 0.6 is 11.3 Å². The number of imidazole rings is 1. The molecule has 1 N–H and O–H groups in total. The summed E-state index contributed by atoms with van der Waals surface area (Å²) in [5.74, 6) is 1.10. The average molecular weight is 327 g/mol. The van der Waals surface area contributed by atoms with Gasteiger partial charge in [-0.05, 0) is 43.8 Å². The Morgan fingerprint density at radius 3 is 2.83 bits per heavy atom. The summed E-state index contributed by atoms with van der Waals surface area (Å²) in [5.41, 5.74) is 3.26. The number of thiophene rings is 1. The minimum absolute atomic E-state index is 0.0474. The van der Waals surface area contributed by atoms with Crippen LogP contribution in [0.1, 0.15) is 46.5 Å². The number of hydrogen-bond acceptors (Lipinski definition) is 3. The molecular formula is C19H25N3S. The molecule has 0 aromatic carbocycles. The molecule has 0 fully saturated rings. The van der Waals surface area contributed by atoms with Crippen molar-refractivity contribution in [1.82, 2.24) is 9.38 Å². The van der Waals surface area contributed by atoms with Crippen molar-refractivity contribution in [2.75, 3.05) is 5.32 Å². The highest BCUT2D eigenvalue weighted by molar-refractivity contribution is 7.08. The summed E-state index contributed by atoms with van der Waals surface area (Å²) < 4.78 is 2.16. The van der Waals surface area contributed by atoms with Crippen molar-refractivity contribution in [3.8, 4) is 11.3 Å². The quantitative estimate of drug-likeness (QED) is 0.553. The Hall–Kier alpha value is -1.81. The maximum absolute atomic E-state index is 4.84. The lowest BCUT2D eigenvalue weighted by atomic mass is 9.96. The first kappa shape index (κ1) is 16.1. The third-order valence-electron chi connectivity index (χ3n) is 4.19. The number of nitrogens with one attached hydrogen (secondary N) is 1. The topological polar surface area (TPSA) is 29.3 Å². The molecule has 4 heteroatoms. The van der Waals surface area contributed by atoms with Crippen LogP contribution in [0.5, 0.6) is 0 Å². The summed E-state index contributed by atoms with van der Waals surface area (Å²) in [5, 5.41) is 8.03. The summed E-state index contributed by atoms with van der Waals surface area (Å²) in [7, 11) is 0. The normalized spacial score (nSPS) is 12.0. The summed E-state index contributed by atoms with van der Waals surface area (Å²) >= 11 is 1.71. The van der Waals surface area contributed by atoms with Crippen LogP contribution in [0.2, 0.25) is 0 Å². The van der Waals surface area contributed by atoms with Crippen LogP contribution in [0, 0.1) is 0 Å². The van der Waals surface area contributed by atoms with Gasteiger partial charge in [-0.3, -0.25) is 4.40 Å². The largest absolute Gasteiger partial charge is 0.364 e. The van der Waals surface area contributed by atoms with Crippen molar-refractivity contribution in [3.63, 3.8) is 0 Å². The highest BCUT2D eigenvalue weighted by Crippen LogP contribution is 2.33. The fraction of sp³-hybridized carbons (Fsp3) is 0.421. The molecule has 0 aliphatic carbocycles. The first-order valence-corrected chi connectivity index (χ1v) is 9.33. The molecule has 0 amide bonds. The molecule has 23 heavy (non-hydrogen) atoms. The molecule has 0 unspecified atom stereocenters. The summed E-state index contributed by atoms with van der Waals surface area (Å²) in [4.78, 5) is 4.84. The highest BCUT2D eigenvalue weighted by atomic mass is 32.1. The Kier molecular flexibility index (Phi) is 4.71. The number of aromatic nitrogens is 2. The molecule has 0 saturated carbocycles. The molecule has 3 nitrogen and oxygen atoms in total. The number of unbranched alkanes of at least 4 members (excludes halogenated alkanes) is 2. The van der Waals surface area contributed by atoms with Crippen LogP contribution in [-0.2, 0) is 0 Å². The summed E-state index contributed by atoms with van der Waals surface area (Å²) in [6, 6.07) is 8.30. The predicted molar refractivity (Wildman–Crippen MR) is 100 cm³/mol.